The van der Waals surface area contributed by atoms with Gasteiger partial charge in [-0.1, -0.05) is 13.0 Å². The molecule has 0 saturated carbocycles. The smallest absolute Gasteiger partial charge is 0.224 e. The number of methoxy groups -OCH3 is 1. The average Bonchev–Trinajstić information content (AvgIpc) is 2.37. The van der Waals surface area contributed by atoms with Gasteiger partial charge in [0.2, 0.25) is 5.91 Å². The Bertz CT molecular complexity index is 425. The molecule has 1 rings (SSSR count). The number of carbonyl (C=O) groups excluding carboxylic acids is 1. The van der Waals surface area contributed by atoms with Crippen LogP contribution in [0.5, 0.6) is 5.75 Å². The first-order chi connectivity index (χ1) is 8.49. The zero-order valence-electron chi connectivity index (χ0n) is 10.7. The molecule has 1 aromatic carbocycles. The maximum Gasteiger partial charge on any atom is 0.224 e. The lowest BCUT2D eigenvalue weighted by atomic mass is 10.1. The quantitative estimate of drug-likeness (QED) is 0.837. The molecular weight excluding hydrogens is 318 g/mol. The third-order valence-electron chi connectivity index (χ3n) is 2.71. The van der Waals surface area contributed by atoms with Crippen molar-refractivity contribution in [2.24, 2.45) is 5.92 Å². The van der Waals surface area contributed by atoms with E-state index < -0.39 is 0 Å². The molecule has 0 bridgehead atoms. The van der Waals surface area contributed by atoms with Gasteiger partial charge in [-0.2, -0.15) is 0 Å². The summed E-state index contributed by atoms with van der Waals surface area (Å²) >= 11 is 9.08. The molecule has 1 amide bonds. The van der Waals surface area contributed by atoms with Crippen molar-refractivity contribution in [3.63, 3.8) is 0 Å². The SMILES string of the molecule is COc1ccc(C(C)NC(=O)C(C)CCl)cc1Br. The van der Waals surface area contributed by atoms with Gasteiger partial charge < -0.3 is 10.1 Å². The molecule has 3 nitrogen and oxygen atoms in total. The Morgan fingerprint density at radius 1 is 1.50 bits per heavy atom. The van der Waals surface area contributed by atoms with Crippen molar-refractivity contribution in [3.05, 3.63) is 28.2 Å². The largest absolute Gasteiger partial charge is 0.496 e. The van der Waals surface area contributed by atoms with E-state index in [2.05, 4.69) is 21.2 Å². The summed E-state index contributed by atoms with van der Waals surface area (Å²) in [4.78, 5) is 11.7. The molecule has 0 aromatic heterocycles. The van der Waals surface area contributed by atoms with Gasteiger partial charge in [0, 0.05) is 11.8 Å². The third-order valence-corrected chi connectivity index (χ3v) is 3.80. The van der Waals surface area contributed by atoms with Crippen molar-refractivity contribution in [3.8, 4) is 5.75 Å². The molecule has 0 fully saturated rings. The predicted octanol–water partition coefficient (Wildman–Crippen LogP) is 3.51. The second-order valence-corrected chi connectivity index (χ2v) is 5.34. The van der Waals surface area contributed by atoms with E-state index in [0.717, 1.165) is 15.8 Å². The minimum Gasteiger partial charge on any atom is -0.496 e. The Kier molecular flexibility index (Phi) is 5.96. The van der Waals surface area contributed by atoms with Gasteiger partial charge in [-0.15, -0.1) is 11.6 Å². The van der Waals surface area contributed by atoms with Crippen molar-refractivity contribution in [1.82, 2.24) is 5.32 Å². The van der Waals surface area contributed by atoms with Crippen molar-refractivity contribution in [2.75, 3.05) is 13.0 Å². The Balaban J connectivity index is 2.75. The van der Waals surface area contributed by atoms with Gasteiger partial charge in [0.05, 0.1) is 17.6 Å². The Morgan fingerprint density at radius 2 is 2.17 bits per heavy atom. The van der Waals surface area contributed by atoms with Crippen LogP contribution in [0.15, 0.2) is 22.7 Å². The first-order valence-corrected chi connectivity index (χ1v) is 7.02. The van der Waals surface area contributed by atoms with Gasteiger partial charge in [0.15, 0.2) is 0 Å². The van der Waals surface area contributed by atoms with Crippen LogP contribution in [0.2, 0.25) is 0 Å². The summed E-state index contributed by atoms with van der Waals surface area (Å²) in [5.74, 6) is 0.872. The van der Waals surface area contributed by atoms with E-state index in [1.54, 1.807) is 14.0 Å². The van der Waals surface area contributed by atoms with Crippen LogP contribution in [0.1, 0.15) is 25.5 Å². The second kappa shape index (κ2) is 7.00. The number of alkyl halides is 1. The van der Waals surface area contributed by atoms with Crippen molar-refractivity contribution < 1.29 is 9.53 Å². The minimum absolute atomic E-state index is 0.0376. The zero-order valence-corrected chi connectivity index (χ0v) is 13.0. The molecule has 0 aliphatic carbocycles. The summed E-state index contributed by atoms with van der Waals surface area (Å²) in [6.07, 6.45) is 0. The van der Waals surface area contributed by atoms with Crippen molar-refractivity contribution in [2.45, 2.75) is 19.9 Å². The normalized spacial score (nSPS) is 13.8. The molecule has 18 heavy (non-hydrogen) atoms. The first kappa shape index (κ1) is 15.3. The van der Waals surface area contributed by atoms with Crippen LogP contribution in [0, 0.1) is 5.92 Å². The van der Waals surface area contributed by atoms with Gasteiger partial charge >= 0.3 is 0 Å². The number of hydrogen-bond acceptors (Lipinski definition) is 2. The molecule has 100 valence electrons. The van der Waals surface area contributed by atoms with Crippen molar-refractivity contribution in [1.29, 1.82) is 0 Å². The fourth-order valence-electron chi connectivity index (χ4n) is 1.46. The van der Waals surface area contributed by atoms with Gasteiger partial charge in [0.25, 0.3) is 0 Å². The summed E-state index contributed by atoms with van der Waals surface area (Å²) in [7, 11) is 1.62. The van der Waals surface area contributed by atoms with E-state index in [0.29, 0.717) is 5.88 Å². The number of rotatable bonds is 5. The minimum atomic E-state index is -0.184. The molecule has 1 aromatic rings. The molecule has 0 spiro atoms. The maximum atomic E-state index is 11.7. The molecule has 0 saturated heterocycles. The van der Waals surface area contributed by atoms with Gasteiger partial charge in [-0.25, -0.2) is 0 Å². The lowest BCUT2D eigenvalue weighted by Gasteiger charge is -2.17. The fourth-order valence-corrected chi connectivity index (χ4v) is 2.16. The van der Waals surface area contributed by atoms with E-state index in [1.807, 2.05) is 25.1 Å². The molecule has 2 atom stereocenters. The molecule has 0 radical (unpaired) electrons. The maximum absolute atomic E-state index is 11.7. The molecule has 5 heteroatoms. The molecule has 0 heterocycles. The molecule has 0 aliphatic rings. The van der Waals surface area contributed by atoms with Gasteiger partial charge in [-0.05, 0) is 40.5 Å². The number of halogens is 2. The second-order valence-electron chi connectivity index (χ2n) is 4.18. The van der Waals surface area contributed by atoms with Crippen LogP contribution in [-0.2, 0) is 4.79 Å². The van der Waals surface area contributed by atoms with Gasteiger partial charge in [0.1, 0.15) is 5.75 Å². The van der Waals surface area contributed by atoms with E-state index >= 15 is 0 Å². The average molecular weight is 335 g/mol. The number of nitrogens with one attached hydrogen (secondary N) is 1. The van der Waals surface area contributed by atoms with Crippen LogP contribution in [-0.4, -0.2) is 18.9 Å². The summed E-state index contributed by atoms with van der Waals surface area (Å²) in [5, 5.41) is 2.93. The van der Waals surface area contributed by atoms with Crippen LogP contribution < -0.4 is 10.1 Å². The molecule has 1 N–H and O–H groups in total. The predicted molar refractivity (Wildman–Crippen MR) is 77.1 cm³/mol. The fraction of sp³-hybridized carbons (Fsp3) is 0.462. The number of amides is 1. The highest BCUT2D eigenvalue weighted by molar-refractivity contribution is 9.10. The van der Waals surface area contributed by atoms with E-state index in [4.69, 9.17) is 16.3 Å². The lowest BCUT2D eigenvalue weighted by molar-refractivity contribution is -0.124. The highest BCUT2D eigenvalue weighted by Gasteiger charge is 2.15. The highest BCUT2D eigenvalue weighted by Crippen LogP contribution is 2.28. The highest BCUT2D eigenvalue weighted by atomic mass is 79.9. The van der Waals surface area contributed by atoms with Gasteiger partial charge in [-0.3, -0.25) is 4.79 Å². The number of carbonyl (C=O) groups is 1. The monoisotopic (exact) mass is 333 g/mol. The van der Waals surface area contributed by atoms with E-state index in [9.17, 15) is 4.79 Å². The third kappa shape index (κ3) is 3.89. The van der Waals surface area contributed by atoms with E-state index in [-0.39, 0.29) is 17.9 Å². The van der Waals surface area contributed by atoms with Crippen LogP contribution in [0.3, 0.4) is 0 Å². The van der Waals surface area contributed by atoms with Crippen LogP contribution in [0.4, 0.5) is 0 Å². The summed E-state index contributed by atoms with van der Waals surface area (Å²) in [6.45, 7) is 3.74. The number of benzene rings is 1. The Morgan fingerprint density at radius 3 is 2.67 bits per heavy atom. The molecular formula is C13H17BrClNO2. The van der Waals surface area contributed by atoms with E-state index in [1.165, 1.54) is 0 Å². The summed E-state index contributed by atoms with van der Waals surface area (Å²) < 4.78 is 6.03. The number of ether oxygens (including phenoxy) is 1. The first-order valence-electron chi connectivity index (χ1n) is 5.69. The number of hydrogen-bond donors (Lipinski definition) is 1. The van der Waals surface area contributed by atoms with Crippen LogP contribution >= 0.6 is 27.5 Å². The Labute approximate surface area is 121 Å². The molecule has 0 aliphatic heterocycles. The zero-order chi connectivity index (χ0) is 13.7. The van der Waals surface area contributed by atoms with Crippen molar-refractivity contribution >= 4 is 33.4 Å². The topological polar surface area (TPSA) is 38.3 Å². The van der Waals surface area contributed by atoms with Crippen LogP contribution in [0.25, 0.3) is 0 Å². The summed E-state index contributed by atoms with van der Waals surface area (Å²) in [5.41, 5.74) is 1.01. The standard InChI is InChI=1S/C13H17BrClNO2/c1-8(7-15)13(17)16-9(2)10-4-5-12(18-3)11(14)6-10/h4-6,8-9H,7H2,1-3H3,(H,16,17). The lowest BCUT2D eigenvalue weighted by Crippen LogP contribution is -2.32. The molecule has 2 unspecified atom stereocenters. The Hall–Kier alpha value is -0.740. The summed E-state index contributed by atoms with van der Waals surface area (Å²) in [6, 6.07) is 5.67.